The lowest BCUT2D eigenvalue weighted by Gasteiger charge is -2.09. The number of hydrogen-bond donors (Lipinski definition) is 1. The number of aryl methyl sites for hydroxylation is 3. The highest BCUT2D eigenvalue weighted by molar-refractivity contribution is 5.65. The maximum absolute atomic E-state index is 12.7. The smallest absolute Gasteiger partial charge is 0.406 e. The van der Waals surface area contributed by atoms with E-state index in [1.807, 2.05) is 13.0 Å². The maximum Gasteiger partial charge on any atom is 0.573 e. The SMILES string of the molecule is Cc1nccnc1CCn1nc2ccc(-c3ccc(OC(F)(F)F)cc3)cn2c1=O.O=c1[nH]nc2ccccn12. The van der Waals surface area contributed by atoms with Gasteiger partial charge in [0.25, 0.3) is 0 Å². The summed E-state index contributed by atoms with van der Waals surface area (Å²) in [6.45, 7) is 2.20. The molecule has 0 aliphatic rings. The molecule has 40 heavy (non-hydrogen) atoms. The Kier molecular flexibility index (Phi) is 7.14. The summed E-state index contributed by atoms with van der Waals surface area (Å²) < 4.78 is 45.0. The molecule has 14 heteroatoms. The zero-order chi connectivity index (χ0) is 28.3. The van der Waals surface area contributed by atoms with E-state index in [1.165, 1.54) is 37.7 Å². The van der Waals surface area contributed by atoms with Crippen molar-refractivity contribution in [1.82, 2.24) is 38.7 Å². The van der Waals surface area contributed by atoms with Crippen LogP contribution < -0.4 is 16.1 Å². The molecule has 1 aromatic carbocycles. The zero-order valence-electron chi connectivity index (χ0n) is 20.9. The number of aromatic nitrogens is 8. The van der Waals surface area contributed by atoms with Gasteiger partial charge in [-0.1, -0.05) is 18.2 Å². The Morgan fingerprint density at radius 2 is 1.65 bits per heavy atom. The summed E-state index contributed by atoms with van der Waals surface area (Å²) in [6.07, 6.45) is 2.25. The highest BCUT2D eigenvalue weighted by Crippen LogP contribution is 2.26. The molecule has 0 spiro atoms. The largest absolute Gasteiger partial charge is 0.573 e. The second-order valence-electron chi connectivity index (χ2n) is 8.52. The number of hydrogen-bond acceptors (Lipinski definition) is 7. The quantitative estimate of drug-likeness (QED) is 0.349. The second-order valence-corrected chi connectivity index (χ2v) is 8.52. The molecule has 0 unspecified atom stereocenters. The molecule has 0 radical (unpaired) electrons. The van der Waals surface area contributed by atoms with Gasteiger partial charge in [-0.2, -0.15) is 5.10 Å². The lowest BCUT2D eigenvalue weighted by Crippen LogP contribution is -2.22. The highest BCUT2D eigenvalue weighted by Gasteiger charge is 2.31. The van der Waals surface area contributed by atoms with Gasteiger partial charge in [0, 0.05) is 31.2 Å². The first-order chi connectivity index (χ1) is 19.2. The van der Waals surface area contributed by atoms with Crippen molar-refractivity contribution in [3.8, 4) is 16.9 Å². The van der Waals surface area contributed by atoms with Crippen molar-refractivity contribution >= 4 is 11.3 Å². The molecule has 6 aromatic rings. The fraction of sp³-hybridized carbons (Fsp3) is 0.154. The number of nitrogens with zero attached hydrogens (tertiary/aromatic N) is 7. The number of rotatable bonds is 5. The average molecular weight is 551 g/mol. The average Bonchev–Trinajstić information content (AvgIpc) is 3.47. The number of ether oxygens (including phenoxy) is 1. The first kappa shape index (κ1) is 26.3. The highest BCUT2D eigenvalue weighted by atomic mass is 19.4. The predicted molar refractivity (Wildman–Crippen MR) is 138 cm³/mol. The van der Waals surface area contributed by atoms with E-state index >= 15 is 0 Å². The Morgan fingerprint density at radius 1 is 0.900 bits per heavy atom. The number of pyridine rings is 2. The topological polar surface area (TPSA) is 124 Å². The Labute approximate surface area is 223 Å². The molecule has 5 aromatic heterocycles. The van der Waals surface area contributed by atoms with Crippen LogP contribution in [0.5, 0.6) is 5.75 Å². The number of benzene rings is 1. The normalized spacial score (nSPS) is 11.4. The van der Waals surface area contributed by atoms with Crippen LogP contribution in [0.25, 0.3) is 22.4 Å². The van der Waals surface area contributed by atoms with Gasteiger partial charge in [0.2, 0.25) is 0 Å². The van der Waals surface area contributed by atoms with Gasteiger partial charge in [0.05, 0.1) is 17.9 Å². The van der Waals surface area contributed by atoms with Crippen molar-refractivity contribution in [1.29, 1.82) is 0 Å². The van der Waals surface area contributed by atoms with Gasteiger partial charge in [-0.3, -0.25) is 14.4 Å². The summed E-state index contributed by atoms with van der Waals surface area (Å²) in [7, 11) is 0. The van der Waals surface area contributed by atoms with E-state index in [0.717, 1.165) is 11.4 Å². The van der Waals surface area contributed by atoms with Crippen LogP contribution in [-0.2, 0) is 13.0 Å². The molecule has 0 fully saturated rings. The van der Waals surface area contributed by atoms with Gasteiger partial charge in [0.1, 0.15) is 5.75 Å². The predicted octanol–water partition coefficient (Wildman–Crippen LogP) is 3.43. The first-order valence-corrected chi connectivity index (χ1v) is 11.9. The van der Waals surface area contributed by atoms with Crippen LogP contribution in [0.3, 0.4) is 0 Å². The molecular formula is C26H21F3N8O3. The van der Waals surface area contributed by atoms with Crippen LogP contribution in [0.15, 0.2) is 89.0 Å². The van der Waals surface area contributed by atoms with Gasteiger partial charge in [0.15, 0.2) is 11.3 Å². The van der Waals surface area contributed by atoms with E-state index in [4.69, 9.17) is 0 Å². The molecule has 0 aliphatic carbocycles. The molecule has 0 amide bonds. The standard InChI is InChI=1S/C20H16F3N5O2.C6H5N3O/c1-13-17(25-10-9-24-13)8-11-28-19(29)27-12-15(4-7-18(27)26-28)14-2-5-16(6-3-14)30-20(21,22)23;10-6-8-7-5-3-1-2-4-9(5)6/h2-7,9-10,12H,8,11H2,1H3;1-4H,(H,8,10). The van der Waals surface area contributed by atoms with Gasteiger partial charge in [-0.05, 0) is 54.4 Å². The minimum Gasteiger partial charge on any atom is -0.406 e. The third-order valence-electron chi connectivity index (χ3n) is 5.86. The lowest BCUT2D eigenvalue weighted by molar-refractivity contribution is -0.274. The summed E-state index contributed by atoms with van der Waals surface area (Å²) in [4.78, 5) is 32.0. The molecule has 0 saturated heterocycles. The molecular weight excluding hydrogens is 529 g/mol. The summed E-state index contributed by atoms with van der Waals surface area (Å²) in [5.74, 6) is -0.309. The van der Waals surface area contributed by atoms with Crippen LogP contribution in [0.4, 0.5) is 13.2 Å². The Hall–Kier alpha value is -5.27. The van der Waals surface area contributed by atoms with Gasteiger partial charge < -0.3 is 4.74 Å². The van der Waals surface area contributed by atoms with Gasteiger partial charge in [-0.15, -0.1) is 18.3 Å². The van der Waals surface area contributed by atoms with Crippen molar-refractivity contribution in [3.63, 3.8) is 0 Å². The van der Waals surface area contributed by atoms with Crippen molar-refractivity contribution in [3.05, 3.63) is 112 Å². The molecule has 5 heterocycles. The fourth-order valence-corrected chi connectivity index (χ4v) is 3.93. The lowest BCUT2D eigenvalue weighted by atomic mass is 10.1. The van der Waals surface area contributed by atoms with Crippen LogP contribution in [0.1, 0.15) is 11.4 Å². The minimum atomic E-state index is -4.74. The van der Waals surface area contributed by atoms with E-state index < -0.39 is 6.36 Å². The number of alkyl halides is 3. The molecule has 0 saturated carbocycles. The Bertz CT molecular complexity index is 1890. The minimum absolute atomic E-state index is 0.199. The molecule has 204 valence electrons. The number of aromatic amines is 1. The number of H-pyrrole nitrogens is 1. The van der Waals surface area contributed by atoms with Crippen LogP contribution in [0.2, 0.25) is 0 Å². The van der Waals surface area contributed by atoms with Crippen LogP contribution in [-0.4, -0.2) is 45.1 Å². The molecule has 0 atom stereocenters. The Balaban J connectivity index is 0.000000269. The van der Waals surface area contributed by atoms with Crippen molar-refractivity contribution in [2.24, 2.45) is 0 Å². The fourth-order valence-electron chi connectivity index (χ4n) is 3.93. The maximum atomic E-state index is 12.7. The number of nitrogens with one attached hydrogen (secondary N) is 1. The molecule has 0 bridgehead atoms. The number of halogens is 3. The van der Waals surface area contributed by atoms with E-state index in [9.17, 15) is 22.8 Å². The summed E-state index contributed by atoms with van der Waals surface area (Å²) in [5, 5.41) is 10.4. The van der Waals surface area contributed by atoms with Crippen LogP contribution in [0, 0.1) is 6.92 Å². The van der Waals surface area contributed by atoms with Crippen molar-refractivity contribution < 1.29 is 17.9 Å². The third-order valence-corrected chi connectivity index (χ3v) is 5.86. The molecule has 6 rings (SSSR count). The van der Waals surface area contributed by atoms with Crippen molar-refractivity contribution in [2.75, 3.05) is 0 Å². The van der Waals surface area contributed by atoms with E-state index in [0.29, 0.717) is 35.4 Å². The third kappa shape index (κ3) is 5.90. The zero-order valence-corrected chi connectivity index (χ0v) is 20.9. The van der Waals surface area contributed by atoms with Crippen molar-refractivity contribution in [2.45, 2.75) is 26.3 Å². The van der Waals surface area contributed by atoms with E-state index in [-0.39, 0.29) is 17.1 Å². The number of fused-ring (bicyclic) bond motifs is 2. The monoisotopic (exact) mass is 550 g/mol. The molecule has 0 aliphatic heterocycles. The van der Waals surface area contributed by atoms with Crippen LogP contribution >= 0.6 is 0 Å². The Morgan fingerprint density at radius 3 is 2.38 bits per heavy atom. The second kappa shape index (κ2) is 10.8. The molecule has 1 N–H and O–H groups in total. The molecule has 11 nitrogen and oxygen atoms in total. The van der Waals surface area contributed by atoms with E-state index in [1.54, 1.807) is 49.1 Å². The summed E-state index contributed by atoms with van der Waals surface area (Å²) >= 11 is 0. The van der Waals surface area contributed by atoms with Gasteiger partial charge >= 0.3 is 17.7 Å². The first-order valence-electron chi connectivity index (χ1n) is 11.9. The van der Waals surface area contributed by atoms with Gasteiger partial charge in [-0.25, -0.2) is 23.8 Å². The summed E-state index contributed by atoms with van der Waals surface area (Å²) in [6, 6.07) is 14.2. The van der Waals surface area contributed by atoms with E-state index in [2.05, 4.69) is 30.0 Å². The summed E-state index contributed by atoms with van der Waals surface area (Å²) in [5.41, 5.74) is 3.50.